The third kappa shape index (κ3) is 6.23. The number of hydrogen-bond acceptors (Lipinski definition) is 5. The number of hydrogen-bond donors (Lipinski definition) is 0. The van der Waals surface area contributed by atoms with Crippen molar-refractivity contribution in [1.29, 1.82) is 0 Å². The lowest BCUT2D eigenvalue weighted by Crippen LogP contribution is -2.60. The molecule has 8 heteroatoms. The summed E-state index contributed by atoms with van der Waals surface area (Å²) in [6.45, 7) is 13.2. The average molecular weight is 430 g/mol. The number of rotatable bonds is 4. The second-order valence-corrected chi connectivity index (χ2v) is 9.66. The molecule has 0 bridgehead atoms. The molecule has 1 aliphatic heterocycles. The highest BCUT2D eigenvalue weighted by molar-refractivity contribution is 6.32. The number of esters is 1. The van der Waals surface area contributed by atoms with Gasteiger partial charge in [-0.05, 0) is 53.5 Å². The summed E-state index contributed by atoms with van der Waals surface area (Å²) < 4.78 is 30.7. The average Bonchev–Trinajstić information content (AvgIpc) is 2.51. The van der Waals surface area contributed by atoms with Gasteiger partial charge in [-0.25, -0.2) is 14.0 Å². The van der Waals surface area contributed by atoms with Crippen molar-refractivity contribution in [2.75, 3.05) is 13.2 Å². The number of ether oxygens (including phenoxy) is 3. The van der Waals surface area contributed by atoms with Gasteiger partial charge in [0.15, 0.2) is 0 Å². The summed E-state index contributed by atoms with van der Waals surface area (Å²) in [6, 6.07) is 2.04. The molecule has 0 radical (unpaired) electrons. The lowest BCUT2D eigenvalue weighted by atomic mass is 9.91. The molecule has 2 atom stereocenters. The van der Waals surface area contributed by atoms with E-state index in [2.05, 4.69) is 0 Å². The molecule has 29 heavy (non-hydrogen) atoms. The van der Waals surface area contributed by atoms with Gasteiger partial charge in [0.25, 0.3) is 0 Å². The summed E-state index contributed by atoms with van der Waals surface area (Å²) in [5.74, 6) is -1.29. The maximum absolute atomic E-state index is 14.4. The minimum Gasteiger partial charge on any atom is -0.490 e. The van der Waals surface area contributed by atoms with Crippen LogP contribution in [0.2, 0.25) is 5.02 Å². The standard InChI is InChI=1S/C21H29ClFNO5/c1-12-10-24(19(26)29-21(5,6)7)16(12)11-27-17-9-15(23)13(8-14(17)22)18(25)28-20(2,3)4/h8-9,12,16H,10-11H2,1-7H3. The van der Waals surface area contributed by atoms with Gasteiger partial charge in [0.2, 0.25) is 0 Å². The van der Waals surface area contributed by atoms with Crippen molar-refractivity contribution in [3.63, 3.8) is 0 Å². The predicted molar refractivity (Wildman–Crippen MR) is 108 cm³/mol. The van der Waals surface area contributed by atoms with Crippen molar-refractivity contribution in [2.45, 2.75) is 65.7 Å². The smallest absolute Gasteiger partial charge is 0.410 e. The number of halogens is 2. The van der Waals surface area contributed by atoms with E-state index in [0.29, 0.717) is 6.54 Å². The molecule has 1 aliphatic rings. The Hall–Kier alpha value is -2.02. The molecular formula is C21H29ClFNO5. The van der Waals surface area contributed by atoms with Crippen molar-refractivity contribution in [3.8, 4) is 5.75 Å². The first-order chi connectivity index (χ1) is 13.2. The number of carbonyl (C=O) groups is 2. The molecule has 0 spiro atoms. The molecule has 1 fully saturated rings. The molecule has 1 aromatic rings. The van der Waals surface area contributed by atoms with Crippen LogP contribution in [-0.2, 0) is 9.47 Å². The van der Waals surface area contributed by atoms with Crippen molar-refractivity contribution in [1.82, 2.24) is 4.90 Å². The molecule has 1 amide bonds. The summed E-state index contributed by atoms with van der Waals surface area (Å²) in [4.78, 5) is 26.0. The molecule has 6 nitrogen and oxygen atoms in total. The zero-order valence-corrected chi connectivity index (χ0v) is 18.7. The Morgan fingerprint density at radius 3 is 2.24 bits per heavy atom. The first kappa shape index (κ1) is 23.3. The second-order valence-electron chi connectivity index (χ2n) is 9.25. The lowest BCUT2D eigenvalue weighted by Gasteiger charge is -2.46. The van der Waals surface area contributed by atoms with Crippen LogP contribution in [-0.4, -0.2) is 47.4 Å². The van der Waals surface area contributed by atoms with Gasteiger partial charge in [0, 0.05) is 12.6 Å². The predicted octanol–water partition coefficient (Wildman–Crippen LogP) is 5.07. The fourth-order valence-corrected chi connectivity index (χ4v) is 3.04. The highest BCUT2D eigenvalue weighted by Gasteiger charge is 2.41. The van der Waals surface area contributed by atoms with Crippen LogP contribution in [0.3, 0.4) is 0 Å². The number of carbonyl (C=O) groups excluding carboxylic acids is 2. The van der Waals surface area contributed by atoms with Gasteiger partial charge < -0.3 is 19.1 Å². The molecule has 2 unspecified atom stereocenters. The number of likely N-dealkylation sites (tertiary alicyclic amines) is 1. The van der Waals surface area contributed by atoms with Gasteiger partial charge in [-0.3, -0.25) is 0 Å². The quantitative estimate of drug-likeness (QED) is 0.625. The molecule has 0 saturated carbocycles. The van der Waals surface area contributed by atoms with Gasteiger partial charge >= 0.3 is 12.1 Å². The van der Waals surface area contributed by atoms with Crippen molar-refractivity contribution in [3.05, 3.63) is 28.5 Å². The van der Waals surface area contributed by atoms with Crippen LogP contribution in [0, 0.1) is 11.7 Å². The summed E-state index contributed by atoms with van der Waals surface area (Å²) in [5, 5.41) is 0.0862. The van der Waals surface area contributed by atoms with E-state index in [9.17, 15) is 14.0 Å². The molecule has 1 aromatic carbocycles. The van der Waals surface area contributed by atoms with Crippen LogP contribution in [0.25, 0.3) is 0 Å². The fourth-order valence-electron chi connectivity index (χ4n) is 2.83. The summed E-state index contributed by atoms with van der Waals surface area (Å²) in [7, 11) is 0. The fraction of sp³-hybridized carbons (Fsp3) is 0.619. The molecule has 2 rings (SSSR count). The van der Waals surface area contributed by atoms with E-state index in [-0.39, 0.29) is 34.9 Å². The van der Waals surface area contributed by atoms with Gasteiger partial charge in [-0.15, -0.1) is 0 Å². The van der Waals surface area contributed by atoms with Crippen LogP contribution < -0.4 is 4.74 Å². The van der Waals surface area contributed by atoms with Crippen molar-refractivity contribution < 1.29 is 28.2 Å². The molecule has 0 N–H and O–H groups in total. The van der Waals surface area contributed by atoms with Crippen LogP contribution >= 0.6 is 11.6 Å². The minimum absolute atomic E-state index is 0.0862. The third-order valence-electron chi connectivity index (χ3n) is 4.22. The van der Waals surface area contributed by atoms with E-state index in [1.54, 1.807) is 46.4 Å². The maximum Gasteiger partial charge on any atom is 0.410 e. The molecule has 0 aromatic heterocycles. The molecule has 162 valence electrons. The normalized spacial score (nSPS) is 19.4. The first-order valence-electron chi connectivity index (χ1n) is 9.53. The monoisotopic (exact) mass is 429 g/mol. The number of amides is 1. The van der Waals surface area contributed by atoms with E-state index >= 15 is 0 Å². The van der Waals surface area contributed by atoms with E-state index < -0.39 is 29.1 Å². The number of nitrogens with zero attached hydrogens (tertiary/aromatic N) is 1. The Bertz CT molecular complexity index is 785. The van der Waals surface area contributed by atoms with E-state index in [0.717, 1.165) is 6.07 Å². The van der Waals surface area contributed by atoms with Gasteiger partial charge in [0.1, 0.15) is 29.4 Å². The van der Waals surface area contributed by atoms with Crippen LogP contribution in [0.15, 0.2) is 12.1 Å². The van der Waals surface area contributed by atoms with Crippen LogP contribution in [0.1, 0.15) is 58.8 Å². The van der Waals surface area contributed by atoms with Crippen molar-refractivity contribution >= 4 is 23.7 Å². The second kappa shape index (κ2) is 8.38. The third-order valence-corrected chi connectivity index (χ3v) is 4.52. The van der Waals surface area contributed by atoms with Crippen molar-refractivity contribution in [2.24, 2.45) is 5.92 Å². The lowest BCUT2D eigenvalue weighted by molar-refractivity contribution is -0.0377. The highest BCUT2D eigenvalue weighted by Crippen LogP contribution is 2.32. The van der Waals surface area contributed by atoms with E-state index in [1.165, 1.54) is 6.07 Å². The van der Waals surface area contributed by atoms with Gasteiger partial charge in [-0.1, -0.05) is 18.5 Å². The molecule has 1 saturated heterocycles. The maximum atomic E-state index is 14.4. The molecule has 1 heterocycles. The van der Waals surface area contributed by atoms with Gasteiger partial charge in [0.05, 0.1) is 16.6 Å². The molecule has 0 aliphatic carbocycles. The van der Waals surface area contributed by atoms with Crippen LogP contribution in [0.4, 0.5) is 9.18 Å². The summed E-state index contributed by atoms with van der Waals surface area (Å²) >= 11 is 6.18. The van der Waals surface area contributed by atoms with E-state index in [4.69, 9.17) is 25.8 Å². The first-order valence-corrected chi connectivity index (χ1v) is 9.90. The zero-order chi connectivity index (χ0) is 22.1. The highest BCUT2D eigenvalue weighted by atomic mass is 35.5. The Labute approximate surface area is 176 Å². The summed E-state index contributed by atoms with van der Waals surface area (Å²) in [6.07, 6.45) is -0.415. The molecular weight excluding hydrogens is 401 g/mol. The Morgan fingerprint density at radius 1 is 1.14 bits per heavy atom. The zero-order valence-electron chi connectivity index (χ0n) is 18.0. The Morgan fingerprint density at radius 2 is 1.72 bits per heavy atom. The Balaban J connectivity index is 2.06. The Kier molecular flexibility index (Phi) is 6.72. The summed E-state index contributed by atoms with van der Waals surface area (Å²) in [5.41, 5.74) is -1.60. The van der Waals surface area contributed by atoms with Gasteiger partial charge in [-0.2, -0.15) is 0 Å². The number of benzene rings is 1. The largest absolute Gasteiger partial charge is 0.490 e. The minimum atomic E-state index is -0.799. The van der Waals surface area contributed by atoms with Crippen LogP contribution in [0.5, 0.6) is 5.75 Å². The van der Waals surface area contributed by atoms with E-state index in [1.807, 2.05) is 6.92 Å². The SMILES string of the molecule is CC1CN(C(=O)OC(C)(C)C)C1COc1cc(F)c(C(=O)OC(C)(C)C)cc1Cl. The topological polar surface area (TPSA) is 65.1 Å².